The number of Topliss-reactive ketones (excluding diaryl/α,β-unsaturated/α-hetero) is 1. The number of allylic oxidation sites excluding steroid dienone is 1. The highest BCUT2D eigenvalue weighted by Gasteiger charge is 2.69. The first kappa shape index (κ1) is 33.9. The minimum atomic E-state index is -1.60. The van der Waals surface area contributed by atoms with Crippen molar-refractivity contribution in [2.45, 2.75) is 105 Å². The van der Waals surface area contributed by atoms with E-state index in [9.17, 15) is 29.1 Å². The average Bonchev–Trinajstić information content (AvgIpc) is 3.36. The van der Waals surface area contributed by atoms with Crippen LogP contribution in [0.15, 0.2) is 41.5 Å². The van der Waals surface area contributed by atoms with Gasteiger partial charge >= 0.3 is 23.9 Å². The molecule has 1 aromatic rings. The maximum atomic E-state index is 14.3. The third-order valence-electron chi connectivity index (χ3n) is 12.4. The van der Waals surface area contributed by atoms with Gasteiger partial charge in [0.2, 0.25) is 0 Å². The second kappa shape index (κ2) is 12.6. The highest BCUT2D eigenvalue weighted by Crippen LogP contribution is 2.68. The zero-order chi connectivity index (χ0) is 33.6. The topological polar surface area (TPSA) is 133 Å². The van der Waals surface area contributed by atoms with Crippen molar-refractivity contribution in [2.75, 3.05) is 6.61 Å². The summed E-state index contributed by atoms with van der Waals surface area (Å²) in [5.74, 6) is -2.56. The van der Waals surface area contributed by atoms with E-state index < -0.39 is 46.9 Å². The molecule has 9 atom stereocenters. The maximum absolute atomic E-state index is 14.3. The van der Waals surface area contributed by atoms with E-state index in [2.05, 4.69) is 13.8 Å². The molecule has 0 amide bonds. The van der Waals surface area contributed by atoms with E-state index in [1.807, 2.05) is 6.92 Å². The summed E-state index contributed by atoms with van der Waals surface area (Å²) in [5, 5.41) is 10.8. The smallest absolute Gasteiger partial charge is 0.338 e. The van der Waals surface area contributed by atoms with Crippen molar-refractivity contribution < 1.29 is 43.3 Å². The fourth-order valence-electron chi connectivity index (χ4n) is 10.00. The summed E-state index contributed by atoms with van der Waals surface area (Å²) in [6.45, 7) is 11.3. The van der Waals surface area contributed by atoms with Crippen LogP contribution >= 0.6 is 0 Å². The Bertz CT molecular complexity index is 1430. The molecule has 2 saturated carbocycles. The average molecular weight is 637 g/mol. The van der Waals surface area contributed by atoms with Crippen LogP contribution in [0.4, 0.5) is 0 Å². The van der Waals surface area contributed by atoms with E-state index in [0.29, 0.717) is 30.4 Å². The Balaban J connectivity index is 1.51. The fourth-order valence-corrected chi connectivity index (χ4v) is 10.00. The number of ketones is 1. The number of rotatable bonds is 9. The summed E-state index contributed by atoms with van der Waals surface area (Å²) >= 11 is 0. The lowest BCUT2D eigenvalue weighted by atomic mass is 9.44. The molecule has 0 bridgehead atoms. The second-order valence-corrected chi connectivity index (χ2v) is 14.7. The predicted octanol–water partition coefficient (Wildman–Crippen LogP) is 6.34. The van der Waals surface area contributed by atoms with Gasteiger partial charge in [-0.1, -0.05) is 44.5 Å². The number of hydrogen-bond donors (Lipinski definition) is 1. The molecule has 0 heterocycles. The molecular formula is C37H48O9. The molecule has 0 aliphatic heterocycles. The molecule has 1 N–H and O–H groups in total. The van der Waals surface area contributed by atoms with Gasteiger partial charge in [0.15, 0.2) is 5.78 Å². The van der Waals surface area contributed by atoms with E-state index in [4.69, 9.17) is 14.2 Å². The van der Waals surface area contributed by atoms with Crippen molar-refractivity contribution in [3.05, 3.63) is 47.0 Å². The summed E-state index contributed by atoms with van der Waals surface area (Å²) in [6.07, 6.45) is 3.13. The lowest BCUT2D eigenvalue weighted by Gasteiger charge is -2.60. The minimum absolute atomic E-state index is 0.0167. The Morgan fingerprint density at radius 3 is 2.30 bits per heavy atom. The molecule has 4 aliphatic rings. The van der Waals surface area contributed by atoms with Crippen molar-refractivity contribution in [3.8, 4) is 0 Å². The summed E-state index contributed by atoms with van der Waals surface area (Å²) < 4.78 is 17.1. The molecule has 46 heavy (non-hydrogen) atoms. The predicted molar refractivity (Wildman–Crippen MR) is 168 cm³/mol. The summed E-state index contributed by atoms with van der Waals surface area (Å²) in [4.78, 5) is 64.6. The number of carbonyl (C=O) groups is 5. The van der Waals surface area contributed by atoms with Crippen LogP contribution < -0.4 is 0 Å². The molecule has 4 aliphatic carbocycles. The van der Waals surface area contributed by atoms with Crippen LogP contribution in [0.3, 0.4) is 0 Å². The minimum Gasteiger partial charge on any atom is -0.481 e. The molecule has 0 saturated heterocycles. The van der Waals surface area contributed by atoms with Crippen LogP contribution in [-0.2, 0) is 33.4 Å². The number of carboxylic acid groups (broad SMARTS) is 1. The monoisotopic (exact) mass is 636 g/mol. The number of carboxylic acids is 1. The SMILES string of the molecule is CC(=O)OCCC[C@@H](C)[C@H]1CC[C@H]2C3=C(CC[C@]12C)[C@]1(C)[C@@H](CC3=O)[C@](C)(C(=O)O)[C@@H](OC(=O)c2ccccc2)C[C@H]1OC(C)=O. The van der Waals surface area contributed by atoms with Gasteiger partial charge < -0.3 is 19.3 Å². The quantitative estimate of drug-likeness (QED) is 0.187. The summed E-state index contributed by atoms with van der Waals surface area (Å²) in [5.41, 5.74) is -0.599. The zero-order valence-electron chi connectivity index (χ0n) is 27.9. The summed E-state index contributed by atoms with van der Waals surface area (Å²) in [7, 11) is 0. The van der Waals surface area contributed by atoms with Crippen LogP contribution in [0.1, 0.15) is 103 Å². The first-order valence-electron chi connectivity index (χ1n) is 16.7. The van der Waals surface area contributed by atoms with Gasteiger partial charge in [0.05, 0.1) is 12.2 Å². The molecule has 2 fully saturated rings. The van der Waals surface area contributed by atoms with E-state index in [1.165, 1.54) is 13.8 Å². The molecule has 9 nitrogen and oxygen atoms in total. The number of ether oxygens (including phenoxy) is 3. The van der Waals surface area contributed by atoms with Gasteiger partial charge in [-0.3, -0.25) is 19.2 Å². The first-order valence-corrected chi connectivity index (χ1v) is 16.7. The molecule has 9 heteroatoms. The third kappa shape index (κ3) is 5.57. The number of carbonyl (C=O) groups excluding carboxylic acids is 4. The molecule has 0 aromatic heterocycles. The number of benzene rings is 1. The van der Waals surface area contributed by atoms with Crippen LogP contribution in [0.25, 0.3) is 0 Å². The van der Waals surface area contributed by atoms with E-state index >= 15 is 0 Å². The number of hydrogen-bond acceptors (Lipinski definition) is 8. The molecule has 0 unspecified atom stereocenters. The van der Waals surface area contributed by atoms with Gasteiger partial charge in [0.1, 0.15) is 17.6 Å². The van der Waals surface area contributed by atoms with Gasteiger partial charge in [-0.05, 0) is 92.2 Å². The maximum Gasteiger partial charge on any atom is 0.338 e. The standard InChI is InChI=1S/C37H48O9/c1-21(11-10-18-44-22(2)38)25-14-15-26-32-27(16-17-35(25,26)4)36(5)29(19-28(32)40)37(6,34(42)43)31(20-30(36)45-23(3)39)46-33(41)24-12-8-7-9-13-24/h7-9,12-13,21,25-26,29-31H,10-11,14-20H2,1-6H3,(H,42,43)/t21-,25-,26+,29-,30-,31+,35-,36-,37+/m1/s1. The van der Waals surface area contributed by atoms with Crippen LogP contribution in [-0.4, -0.2) is 53.6 Å². The van der Waals surface area contributed by atoms with E-state index in [1.54, 1.807) is 37.3 Å². The van der Waals surface area contributed by atoms with Crippen molar-refractivity contribution in [1.29, 1.82) is 0 Å². The van der Waals surface area contributed by atoms with Gasteiger partial charge in [0, 0.05) is 32.1 Å². The first-order chi connectivity index (χ1) is 21.6. The largest absolute Gasteiger partial charge is 0.481 e. The van der Waals surface area contributed by atoms with Crippen molar-refractivity contribution in [2.24, 2.45) is 39.9 Å². The van der Waals surface area contributed by atoms with Crippen molar-refractivity contribution in [1.82, 2.24) is 0 Å². The van der Waals surface area contributed by atoms with Crippen LogP contribution in [0.2, 0.25) is 0 Å². The van der Waals surface area contributed by atoms with Crippen LogP contribution in [0.5, 0.6) is 0 Å². The third-order valence-corrected chi connectivity index (χ3v) is 12.4. The van der Waals surface area contributed by atoms with Gasteiger partial charge in [-0.25, -0.2) is 4.79 Å². The zero-order valence-corrected chi connectivity index (χ0v) is 27.9. The van der Waals surface area contributed by atoms with Crippen molar-refractivity contribution >= 4 is 29.7 Å². The van der Waals surface area contributed by atoms with Gasteiger partial charge in [-0.15, -0.1) is 0 Å². The molecule has 1 aromatic carbocycles. The Morgan fingerprint density at radius 2 is 1.67 bits per heavy atom. The number of fused-ring (bicyclic) bond motifs is 4. The Labute approximate surface area is 271 Å². The molecule has 0 spiro atoms. The lowest BCUT2D eigenvalue weighted by molar-refractivity contribution is -0.200. The highest BCUT2D eigenvalue weighted by molar-refractivity contribution is 5.99. The van der Waals surface area contributed by atoms with Gasteiger partial charge in [-0.2, -0.15) is 0 Å². The number of aliphatic carboxylic acids is 1. The molecule has 5 rings (SSSR count). The molecule has 250 valence electrons. The van der Waals surface area contributed by atoms with Gasteiger partial charge in [0.25, 0.3) is 0 Å². The normalized spacial score (nSPS) is 35.7. The number of esters is 3. The lowest BCUT2D eigenvalue weighted by Crippen LogP contribution is -2.65. The Hall–Kier alpha value is -3.49. The summed E-state index contributed by atoms with van der Waals surface area (Å²) in [6, 6.07) is 8.39. The van der Waals surface area contributed by atoms with Crippen molar-refractivity contribution in [3.63, 3.8) is 0 Å². The highest BCUT2D eigenvalue weighted by atomic mass is 16.6. The Kier molecular flexibility index (Phi) is 9.28. The fraction of sp³-hybridized carbons (Fsp3) is 0.649. The molecule has 0 radical (unpaired) electrons. The van der Waals surface area contributed by atoms with E-state index in [-0.39, 0.29) is 35.9 Å². The Morgan fingerprint density at radius 1 is 0.978 bits per heavy atom. The van der Waals surface area contributed by atoms with E-state index in [0.717, 1.165) is 43.3 Å². The molecular weight excluding hydrogens is 588 g/mol. The van der Waals surface area contributed by atoms with Crippen LogP contribution in [0, 0.1) is 39.9 Å². The second-order valence-electron chi connectivity index (χ2n) is 14.7.